The van der Waals surface area contributed by atoms with Gasteiger partial charge < -0.3 is 4.74 Å². The number of hydrogen-bond acceptors (Lipinski definition) is 3. The zero-order valence-electron chi connectivity index (χ0n) is 8.43. The van der Waals surface area contributed by atoms with Gasteiger partial charge in [-0.25, -0.2) is 13.6 Å². The molecule has 1 aromatic carbocycles. The molecular weight excluding hydrogens is 214 g/mol. The van der Waals surface area contributed by atoms with E-state index in [1.807, 2.05) is 0 Å². The molecule has 5 heteroatoms. The Labute approximate surface area is 89.4 Å². The summed E-state index contributed by atoms with van der Waals surface area (Å²) in [5.41, 5.74) is 0.749. The smallest absolute Gasteiger partial charge is 0.241 e. The number of allylic oxidation sites excluding steroid dienone is 1. The minimum absolute atomic E-state index is 0.00403. The van der Waals surface area contributed by atoms with Crippen molar-refractivity contribution in [3.05, 3.63) is 36.4 Å². The van der Waals surface area contributed by atoms with Crippen molar-refractivity contribution in [2.45, 2.75) is 11.3 Å². The number of rotatable bonds is 4. The number of hydrogen-bond donors (Lipinski definition) is 1. The Morgan fingerprint density at radius 1 is 1.53 bits per heavy atom. The second-order valence-electron chi connectivity index (χ2n) is 2.99. The maximum Gasteiger partial charge on any atom is 0.241 e. The molecule has 0 heterocycles. The van der Waals surface area contributed by atoms with Gasteiger partial charge in [0.1, 0.15) is 10.6 Å². The Hall–Kier alpha value is -1.33. The number of primary sulfonamides is 1. The van der Waals surface area contributed by atoms with Gasteiger partial charge in [-0.1, -0.05) is 18.2 Å². The fourth-order valence-electron chi connectivity index (χ4n) is 1.33. The maximum atomic E-state index is 11.2. The summed E-state index contributed by atoms with van der Waals surface area (Å²) >= 11 is 0. The number of ether oxygens (including phenoxy) is 1. The highest BCUT2D eigenvalue weighted by Gasteiger charge is 2.16. The molecule has 0 atom stereocenters. The van der Waals surface area contributed by atoms with E-state index in [4.69, 9.17) is 9.88 Å². The summed E-state index contributed by atoms with van der Waals surface area (Å²) < 4.78 is 27.5. The summed E-state index contributed by atoms with van der Waals surface area (Å²) in [5.74, 6) is 0.292. The minimum Gasteiger partial charge on any atom is -0.495 e. The third kappa shape index (κ3) is 2.57. The van der Waals surface area contributed by atoms with Gasteiger partial charge >= 0.3 is 0 Å². The van der Waals surface area contributed by atoms with Crippen molar-refractivity contribution >= 4 is 10.0 Å². The van der Waals surface area contributed by atoms with Gasteiger partial charge in [-0.2, -0.15) is 0 Å². The summed E-state index contributed by atoms with van der Waals surface area (Å²) in [7, 11) is -2.33. The molecule has 1 aromatic rings. The van der Waals surface area contributed by atoms with Crippen LogP contribution in [-0.2, 0) is 16.4 Å². The lowest BCUT2D eigenvalue weighted by Gasteiger charge is -2.10. The van der Waals surface area contributed by atoms with Crippen molar-refractivity contribution in [3.63, 3.8) is 0 Å². The van der Waals surface area contributed by atoms with Crippen LogP contribution in [0.1, 0.15) is 5.56 Å². The molecular formula is C10H13NO3S. The summed E-state index contributed by atoms with van der Waals surface area (Å²) in [4.78, 5) is 0.00403. The van der Waals surface area contributed by atoms with Gasteiger partial charge in [0.25, 0.3) is 0 Å². The van der Waals surface area contributed by atoms with Crippen molar-refractivity contribution in [1.82, 2.24) is 0 Å². The fourth-order valence-corrected chi connectivity index (χ4v) is 2.07. The monoisotopic (exact) mass is 227 g/mol. The zero-order chi connectivity index (χ0) is 11.5. The third-order valence-electron chi connectivity index (χ3n) is 1.94. The van der Waals surface area contributed by atoms with E-state index in [1.54, 1.807) is 18.2 Å². The topological polar surface area (TPSA) is 69.4 Å². The molecule has 0 amide bonds. The van der Waals surface area contributed by atoms with Gasteiger partial charge in [-0.3, -0.25) is 0 Å². The Morgan fingerprint density at radius 2 is 2.20 bits per heavy atom. The lowest BCUT2D eigenvalue weighted by molar-refractivity contribution is 0.398. The SMILES string of the molecule is C=CCc1cccc(S(N)(=O)=O)c1OC. The van der Waals surface area contributed by atoms with Crippen molar-refractivity contribution in [2.75, 3.05) is 7.11 Å². The largest absolute Gasteiger partial charge is 0.495 e. The minimum atomic E-state index is -3.75. The normalized spacial score (nSPS) is 11.1. The first-order valence-electron chi connectivity index (χ1n) is 4.30. The van der Waals surface area contributed by atoms with Crippen LogP contribution in [0.2, 0.25) is 0 Å². The van der Waals surface area contributed by atoms with E-state index in [-0.39, 0.29) is 4.90 Å². The van der Waals surface area contributed by atoms with E-state index in [9.17, 15) is 8.42 Å². The lowest BCUT2D eigenvalue weighted by Crippen LogP contribution is -2.14. The van der Waals surface area contributed by atoms with E-state index in [2.05, 4.69) is 6.58 Å². The maximum absolute atomic E-state index is 11.2. The van der Waals surface area contributed by atoms with E-state index in [0.29, 0.717) is 12.2 Å². The molecule has 2 N–H and O–H groups in total. The highest BCUT2D eigenvalue weighted by Crippen LogP contribution is 2.27. The predicted octanol–water partition coefficient (Wildman–Crippen LogP) is 1.07. The highest BCUT2D eigenvalue weighted by atomic mass is 32.2. The Balaban J connectivity index is 3.41. The molecule has 1 rings (SSSR count). The standard InChI is InChI=1S/C10H13NO3S/c1-3-5-8-6-4-7-9(10(8)14-2)15(11,12)13/h3-4,6-7H,1,5H2,2H3,(H2,11,12,13). The Morgan fingerprint density at radius 3 is 2.67 bits per heavy atom. The highest BCUT2D eigenvalue weighted by molar-refractivity contribution is 7.89. The van der Waals surface area contributed by atoms with Crippen molar-refractivity contribution in [1.29, 1.82) is 0 Å². The first kappa shape index (κ1) is 11.7. The third-order valence-corrected chi connectivity index (χ3v) is 2.87. The molecule has 0 spiro atoms. The first-order chi connectivity index (χ1) is 7.00. The van der Waals surface area contributed by atoms with Gasteiger partial charge in [0.05, 0.1) is 7.11 Å². The van der Waals surface area contributed by atoms with Crippen molar-refractivity contribution < 1.29 is 13.2 Å². The molecule has 0 aromatic heterocycles. The molecule has 4 nitrogen and oxygen atoms in total. The first-order valence-corrected chi connectivity index (χ1v) is 5.85. The van der Waals surface area contributed by atoms with Gasteiger partial charge in [0, 0.05) is 0 Å². The molecule has 0 aliphatic heterocycles. The van der Waals surface area contributed by atoms with Crippen molar-refractivity contribution in [3.8, 4) is 5.75 Å². The van der Waals surface area contributed by atoms with Crippen LogP contribution in [0.25, 0.3) is 0 Å². The second-order valence-corrected chi connectivity index (χ2v) is 4.52. The molecule has 0 saturated carbocycles. The molecule has 0 bridgehead atoms. The van der Waals surface area contributed by atoms with Gasteiger partial charge in [0.2, 0.25) is 10.0 Å². The molecule has 15 heavy (non-hydrogen) atoms. The van der Waals surface area contributed by atoms with Crippen LogP contribution in [-0.4, -0.2) is 15.5 Å². The van der Waals surface area contributed by atoms with Crippen LogP contribution in [0.4, 0.5) is 0 Å². The summed E-state index contributed by atoms with van der Waals surface area (Å²) in [5, 5.41) is 5.06. The van der Waals surface area contributed by atoms with E-state index in [1.165, 1.54) is 13.2 Å². The predicted molar refractivity (Wildman–Crippen MR) is 58.3 cm³/mol. The summed E-state index contributed by atoms with van der Waals surface area (Å²) in [6.45, 7) is 3.59. The van der Waals surface area contributed by atoms with Crippen LogP contribution in [0, 0.1) is 0 Å². The molecule has 0 aliphatic carbocycles. The number of methoxy groups -OCH3 is 1. The van der Waals surface area contributed by atoms with Gasteiger partial charge in [-0.15, -0.1) is 6.58 Å². The van der Waals surface area contributed by atoms with Crippen LogP contribution >= 0.6 is 0 Å². The van der Waals surface area contributed by atoms with Gasteiger partial charge in [0.15, 0.2) is 0 Å². The molecule has 0 aliphatic rings. The quantitative estimate of drug-likeness (QED) is 0.782. The average molecular weight is 227 g/mol. The molecule has 0 radical (unpaired) electrons. The number of nitrogens with two attached hydrogens (primary N) is 1. The Bertz CT molecular complexity index is 466. The van der Waals surface area contributed by atoms with Crippen LogP contribution < -0.4 is 9.88 Å². The average Bonchev–Trinajstić information content (AvgIpc) is 2.16. The van der Waals surface area contributed by atoms with E-state index < -0.39 is 10.0 Å². The van der Waals surface area contributed by atoms with Crippen molar-refractivity contribution in [2.24, 2.45) is 5.14 Å². The summed E-state index contributed by atoms with van der Waals surface area (Å²) in [6, 6.07) is 4.82. The second kappa shape index (κ2) is 4.46. The fraction of sp³-hybridized carbons (Fsp3) is 0.200. The summed E-state index contributed by atoms with van der Waals surface area (Å²) in [6.07, 6.45) is 2.21. The number of sulfonamides is 1. The lowest BCUT2D eigenvalue weighted by atomic mass is 10.1. The molecule has 82 valence electrons. The van der Waals surface area contributed by atoms with E-state index >= 15 is 0 Å². The number of para-hydroxylation sites is 1. The Kier molecular flexibility index (Phi) is 3.49. The molecule has 0 unspecified atom stereocenters. The van der Waals surface area contributed by atoms with Gasteiger partial charge in [-0.05, 0) is 18.1 Å². The van der Waals surface area contributed by atoms with Crippen LogP contribution in [0.3, 0.4) is 0 Å². The molecule has 0 fully saturated rings. The zero-order valence-corrected chi connectivity index (χ0v) is 9.25. The van der Waals surface area contributed by atoms with Crippen LogP contribution in [0.15, 0.2) is 35.7 Å². The molecule has 0 saturated heterocycles. The van der Waals surface area contributed by atoms with Crippen LogP contribution in [0.5, 0.6) is 5.75 Å². The number of benzene rings is 1. The van der Waals surface area contributed by atoms with E-state index in [0.717, 1.165) is 5.56 Å².